The van der Waals surface area contributed by atoms with Crippen LogP contribution in [0, 0.1) is 17.2 Å². The lowest BCUT2D eigenvalue weighted by atomic mass is 9.70. The minimum Gasteiger partial charge on any atom is -0.493 e. The van der Waals surface area contributed by atoms with Crippen molar-refractivity contribution in [1.29, 1.82) is 5.26 Å². The Bertz CT molecular complexity index is 523. The van der Waals surface area contributed by atoms with E-state index in [0.29, 0.717) is 11.5 Å². The maximum Gasteiger partial charge on any atom is 0.161 e. The van der Waals surface area contributed by atoms with Crippen molar-refractivity contribution in [3.05, 3.63) is 23.8 Å². The van der Waals surface area contributed by atoms with Crippen molar-refractivity contribution in [3.8, 4) is 17.6 Å². The summed E-state index contributed by atoms with van der Waals surface area (Å²) >= 11 is 0. The smallest absolute Gasteiger partial charge is 0.161 e. The van der Waals surface area contributed by atoms with E-state index in [2.05, 4.69) is 32.2 Å². The standard InChI is InChI=1S/C19H30N2O2/c1-6-11-21-12-7-10-19(14-20,15(2)3)16-8-9-17(22-4)18(13-16)23-5/h8-9,13,15,21H,6-7,10-12H2,1-5H3. The lowest BCUT2D eigenvalue weighted by Gasteiger charge is -2.32. The molecule has 0 fully saturated rings. The van der Waals surface area contributed by atoms with Gasteiger partial charge >= 0.3 is 0 Å². The summed E-state index contributed by atoms with van der Waals surface area (Å²) in [7, 11) is 3.25. The van der Waals surface area contributed by atoms with Crippen LogP contribution in [0.25, 0.3) is 0 Å². The number of hydrogen-bond acceptors (Lipinski definition) is 4. The molecule has 0 heterocycles. The van der Waals surface area contributed by atoms with E-state index < -0.39 is 5.41 Å². The number of nitriles is 1. The molecule has 1 rings (SSSR count). The maximum absolute atomic E-state index is 9.95. The highest BCUT2D eigenvalue weighted by Crippen LogP contribution is 2.40. The molecule has 0 aliphatic heterocycles. The van der Waals surface area contributed by atoms with Crippen LogP contribution in [-0.4, -0.2) is 27.3 Å². The summed E-state index contributed by atoms with van der Waals surface area (Å²) in [5, 5.41) is 13.4. The first kappa shape index (κ1) is 19.3. The minimum absolute atomic E-state index is 0.219. The van der Waals surface area contributed by atoms with Crippen molar-refractivity contribution < 1.29 is 9.47 Å². The van der Waals surface area contributed by atoms with Gasteiger partial charge in [-0.3, -0.25) is 0 Å². The van der Waals surface area contributed by atoms with E-state index in [9.17, 15) is 5.26 Å². The van der Waals surface area contributed by atoms with Crippen molar-refractivity contribution in [1.82, 2.24) is 5.32 Å². The quantitative estimate of drug-likeness (QED) is 0.665. The van der Waals surface area contributed by atoms with Crippen LogP contribution in [0.5, 0.6) is 11.5 Å². The molecule has 23 heavy (non-hydrogen) atoms. The third kappa shape index (κ3) is 4.62. The van der Waals surface area contributed by atoms with Crippen LogP contribution in [-0.2, 0) is 5.41 Å². The van der Waals surface area contributed by atoms with Gasteiger partial charge in [0.25, 0.3) is 0 Å². The van der Waals surface area contributed by atoms with Crippen LogP contribution in [0.2, 0.25) is 0 Å². The fourth-order valence-electron chi connectivity index (χ4n) is 2.92. The SMILES string of the molecule is CCCNCCCC(C#N)(c1ccc(OC)c(OC)c1)C(C)C. The largest absolute Gasteiger partial charge is 0.493 e. The molecule has 0 aromatic heterocycles. The summed E-state index contributed by atoms with van der Waals surface area (Å²) in [6.45, 7) is 8.35. The molecule has 4 heteroatoms. The molecular weight excluding hydrogens is 288 g/mol. The van der Waals surface area contributed by atoms with Gasteiger partial charge in [0.05, 0.1) is 25.7 Å². The van der Waals surface area contributed by atoms with Gasteiger partial charge in [-0.15, -0.1) is 0 Å². The predicted molar refractivity (Wildman–Crippen MR) is 94.1 cm³/mol. The van der Waals surface area contributed by atoms with Gasteiger partial charge in [0.1, 0.15) is 0 Å². The minimum atomic E-state index is -0.507. The van der Waals surface area contributed by atoms with Gasteiger partial charge in [-0.1, -0.05) is 26.8 Å². The van der Waals surface area contributed by atoms with Gasteiger partial charge in [0, 0.05) is 0 Å². The third-order valence-corrected chi connectivity index (χ3v) is 4.44. The van der Waals surface area contributed by atoms with E-state index in [4.69, 9.17) is 9.47 Å². The van der Waals surface area contributed by atoms with Gasteiger partial charge in [0.2, 0.25) is 0 Å². The van der Waals surface area contributed by atoms with Crippen LogP contribution in [0.4, 0.5) is 0 Å². The number of ether oxygens (including phenoxy) is 2. The van der Waals surface area contributed by atoms with E-state index in [1.165, 1.54) is 0 Å². The van der Waals surface area contributed by atoms with Gasteiger partial charge in [-0.05, 0) is 56.0 Å². The summed E-state index contributed by atoms with van der Waals surface area (Å²) in [6.07, 6.45) is 2.93. The average molecular weight is 318 g/mol. The van der Waals surface area contributed by atoms with Crippen LogP contribution >= 0.6 is 0 Å². The molecular formula is C19H30N2O2. The van der Waals surface area contributed by atoms with Gasteiger partial charge < -0.3 is 14.8 Å². The van der Waals surface area contributed by atoms with Crippen molar-refractivity contribution in [3.63, 3.8) is 0 Å². The highest BCUT2D eigenvalue weighted by atomic mass is 16.5. The molecule has 1 unspecified atom stereocenters. The first-order valence-corrected chi connectivity index (χ1v) is 8.40. The molecule has 0 saturated heterocycles. The third-order valence-electron chi connectivity index (χ3n) is 4.44. The molecule has 1 aromatic rings. The Balaban J connectivity index is 3.04. The van der Waals surface area contributed by atoms with Crippen molar-refractivity contribution in [2.45, 2.75) is 45.4 Å². The average Bonchev–Trinajstić information content (AvgIpc) is 2.57. The summed E-state index contributed by atoms with van der Waals surface area (Å²) in [5.74, 6) is 1.59. The van der Waals surface area contributed by atoms with E-state index in [0.717, 1.165) is 37.9 Å². The Morgan fingerprint density at radius 2 is 1.87 bits per heavy atom. The number of rotatable bonds is 10. The lowest BCUT2D eigenvalue weighted by Crippen LogP contribution is -2.32. The molecule has 0 aliphatic rings. The number of nitrogens with one attached hydrogen (secondary N) is 1. The van der Waals surface area contributed by atoms with E-state index in [-0.39, 0.29) is 5.92 Å². The number of methoxy groups -OCH3 is 2. The molecule has 1 N–H and O–H groups in total. The van der Waals surface area contributed by atoms with Gasteiger partial charge in [0.15, 0.2) is 11.5 Å². The Hall–Kier alpha value is -1.73. The first-order chi connectivity index (χ1) is 11.1. The zero-order chi connectivity index (χ0) is 17.3. The predicted octanol–water partition coefficient (Wildman–Crippen LogP) is 3.90. The number of nitrogens with zero attached hydrogens (tertiary/aromatic N) is 1. The second-order valence-corrected chi connectivity index (χ2v) is 6.16. The molecule has 0 saturated carbocycles. The van der Waals surface area contributed by atoms with Crippen molar-refractivity contribution in [2.24, 2.45) is 5.92 Å². The van der Waals surface area contributed by atoms with E-state index >= 15 is 0 Å². The van der Waals surface area contributed by atoms with Crippen LogP contribution in [0.15, 0.2) is 18.2 Å². The molecule has 1 aromatic carbocycles. The summed E-state index contributed by atoms with van der Waals surface area (Å²) in [6, 6.07) is 8.41. The normalized spacial score (nSPS) is 13.4. The maximum atomic E-state index is 9.95. The van der Waals surface area contributed by atoms with Crippen LogP contribution < -0.4 is 14.8 Å². The molecule has 0 aliphatic carbocycles. The Labute approximate surface area is 140 Å². The molecule has 0 amide bonds. The number of hydrogen-bond donors (Lipinski definition) is 1. The second-order valence-electron chi connectivity index (χ2n) is 6.16. The Morgan fingerprint density at radius 3 is 2.39 bits per heavy atom. The highest BCUT2D eigenvalue weighted by molar-refractivity contribution is 5.47. The summed E-state index contributed by atoms with van der Waals surface area (Å²) in [5.41, 5.74) is 0.496. The second kappa shape index (κ2) is 9.42. The lowest BCUT2D eigenvalue weighted by molar-refractivity contribution is 0.341. The molecule has 4 nitrogen and oxygen atoms in total. The fraction of sp³-hybridized carbons (Fsp3) is 0.632. The first-order valence-electron chi connectivity index (χ1n) is 8.40. The molecule has 128 valence electrons. The topological polar surface area (TPSA) is 54.3 Å². The van der Waals surface area contributed by atoms with E-state index in [1.54, 1.807) is 14.2 Å². The van der Waals surface area contributed by atoms with Gasteiger partial charge in [-0.2, -0.15) is 5.26 Å². The molecule has 1 atom stereocenters. The molecule has 0 bridgehead atoms. The summed E-state index contributed by atoms with van der Waals surface area (Å²) in [4.78, 5) is 0. The fourth-order valence-corrected chi connectivity index (χ4v) is 2.92. The van der Waals surface area contributed by atoms with Crippen molar-refractivity contribution in [2.75, 3.05) is 27.3 Å². The zero-order valence-corrected chi connectivity index (χ0v) is 15.1. The highest BCUT2D eigenvalue weighted by Gasteiger charge is 2.36. The van der Waals surface area contributed by atoms with Crippen LogP contribution in [0.3, 0.4) is 0 Å². The monoisotopic (exact) mass is 318 g/mol. The molecule has 0 radical (unpaired) electrons. The summed E-state index contributed by atoms with van der Waals surface area (Å²) < 4.78 is 10.7. The van der Waals surface area contributed by atoms with E-state index in [1.807, 2.05) is 18.2 Å². The van der Waals surface area contributed by atoms with Gasteiger partial charge in [-0.25, -0.2) is 0 Å². The van der Waals surface area contributed by atoms with Crippen LogP contribution in [0.1, 0.15) is 45.6 Å². The number of benzene rings is 1. The Kier molecular flexibility index (Phi) is 7.91. The molecule has 0 spiro atoms. The Morgan fingerprint density at radius 1 is 1.17 bits per heavy atom. The zero-order valence-electron chi connectivity index (χ0n) is 15.1. The van der Waals surface area contributed by atoms with Crippen molar-refractivity contribution >= 4 is 0 Å².